The lowest BCUT2D eigenvalue weighted by atomic mass is 9.79. The molecule has 0 heterocycles. The smallest absolute Gasteiger partial charge is 0.548 e. The Kier molecular flexibility index (Phi) is 7.11. The second-order valence-corrected chi connectivity index (χ2v) is 6.23. The Morgan fingerprint density at radius 1 is 1.26 bits per heavy atom. The van der Waals surface area contributed by atoms with E-state index in [0.717, 1.165) is 29.5 Å². The summed E-state index contributed by atoms with van der Waals surface area (Å²) in [7, 11) is 0. The number of hydrogen-bond donors (Lipinski definition) is 1. The van der Waals surface area contributed by atoms with E-state index in [-0.39, 0.29) is 24.7 Å². The summed E-state index contributed by atoms with van der Waals surface area (Å²) in [6, 6.07) is 3.01. The van der Waals surface area contributed by atoms with Gasteiger partial charge >= 0.3 is 12.3 Å². The second-order valence-electron chi connectivity index (χ2n) is 5.83. The third-order valence-corrected chi connectivity index (χ3v) is 4.51. The highest BCUT2D eigenvalue weighted by atomic mass is 35.5. The van der Waals surface area contributed by atoms with Gasteiger partial charge in [0.1, 0.15) is 5.75 Å². The number of aliphatic carboxylic acids is 1. The number of alkyl halides is 3. The van der Waals surface area contributed by atoms with E-state index in [4.69, 9.17) is 18.0 Å². The third kappa shape index (κ3) is 4.84. The predicted octanol–water partition coefficient (Wildman–Crippen LogP) is 3.03. The normalized spacial score (nSPS) is 15.8. The standard InChI is InChI=1S/C17H15ClF3NO4.H3N/c1-2-14(23)22(16(15(24)25)8-4-3-5-9-16)11-6-7-13(12(18)10-11)26-17(19,20)21;/h1,6-7,10H,3-5,8-9H2,(H,24,25);1H3. The first-order chi connectivity index (χ1) is 12.1. The van der Waals surface area contributed by atoms with Crippen molar-refractivity contribution >= 4 is 29.2 Å². The molecule has 1 fully saturated rings. The molecule has 0 spiro atoms. The molecule has 6 nitrogen and oxygen atoms in total. The minimum Gasteiger partial charge on any atom is -0.548 e. The number of ether oxygens (including phenoxy) is 1. The molecular weight excluding hydrogens is 389 g/mol. The van der Waals surface area contributed by atoms with Crippen molar-refractivity contribution in [3.8, 4) is 18.1 Å². The van der Waals surface area contributed by atoms with Gasteiger partial charge in [-0.15, -0.1) is 19.6 Å². The molecule has 0 aromatic heterocycles. The van der Waals surface area contributed by atoms with Crippen LogP contribution < -0.4 is 20.9 Å². The van der Waals surface area contributed by atoms with Crippen LogP contribution >= 0.6 is 11.6 Å². The van der Waals surface area contributed by atoms with Crippen molar-refractivity contribution in [2.24, 2.45) is 0 Å². The van der Waals surface area contributed by atoms with E-state index in [2.05, 4.69) is 4.74 Å². The Labute approximate surface area is 158 Å². The zero-order valence-electron chi connectivity index (χ0n) is 14.4. The van der Waals surface area contributed by atoms with Gasteiger partial charge in [0.15, 0.2) is 0 Å². The van der Waals surface area contributed by atoms with Gasteiger partial charge in [0.05, 0.1) is 16.5 Å². The quantitative estimate of drug-likeness (QED) is 0.775. The lowest BCUT2D eigenvalue weighted by Gasteiger charge is -2.46. The molecule has 148 valence electrons. The van der Waals surface area contributed by atoms with Crippen molar-refractivity contribution in [2.45, 2.75) is 44.0 Å². The van der Waals surface area contributed by atoms with Crippen molar-refractivity contribution in [3.63, 3.8) is 0 Å². The van der Waals surface area contributed by atoms with E-state index >= 15 is 0 Å². The predicted molar refractivity (Wildman–Crippen MR) is 91.3 cm³/mol. The largest absolute Gasteiger partial charge is 0.573 e. The summed E-state index contributed by atoms with van der Waals surface area (Å²) in [5.74, 6) is -1.25. The number of amides is 1. The zero-order valence-corrected chi connectivity index (χ0v) is 15.2. The van der Waals surface area contributed by atoms with E-state index in [1.807, 2.05) is 5.92 Å². The molecule has 1 aromatic rings. The highest BCUT2D eigenvalue weighted by Gasteiger charge is 2.43. The molecule has 27 heavy (non-hydrogen) atoms. The zero-order chi connectivity index (χ0) is 19.5. The number of halogens is 4. The van der Waals surface area contributed by atoms with Gasteiger partial charge in [-0.3, -0.25) is 9.69 Å². The highest BCUT2D eigenvalue weighted by molar-refractivity contribution is 6.32. The molecule has 1 aliphatic carbocycles. The summed E-state index contributed by atoms with van der Waals surface area (Å²) < 4.78 is 40.9. The van der Waals surface area contributed by atoms with E-state index in [0.29, 0.717) is 12.8 Å². The maximum Gasteiger partial charge on any atom is 0.573 e. The van der Waals surface area contributed by atoms with Gasteiger partial charge in [0, 0.05) is 5.69 Å². The Bertz CT molecular complexity index is 756. The van der Waals surface area contributed by atoms with Crippen LogP contribution in [0.15, 0.2) is 18.2 Å². The molecule has 1 saturated carbocycles. The van der Waals surface area contributed by atoms with Gasteiger partial charge in [-0.2, -0.15) is 0 Å². The number of hydrogen-bond acceptors (Lipinski definition) is 4. The minimum absolute atomic E-state index is 0. The summed E-state index contributed by atoms with van der Waals surface area (Å²) in [5, 5.41) is 11.4. The summed E-state index contributed by atoms with van der Waals surface area (Å²) in [5.41, 5.74) is -1.73. The van der Waals surface area contributed by atoms with Crippen molar-refractivity contribution in [3.05, 3.63) is 23.2 Å². The lowest BCUT2D eigenvalue weighted by Crippen LogP contribution is -2.63. The first-order valence-corrected chi connectivity index (χ1v) is 8.06. The fourth-order valence-corrected chi connectivity index (χ4v) is 3.33. The van der Waals surface area contributed by atoms with Crippen molar-refractivity contribution in [2.75, 3.05) is 4.90 Å². The summed E-state index contributed by atoms with van der Waals surface area (Å²) in [6.45, 7) is 0. The molecule has 0 unspecified atom stereocenters. The van der Waals surface area contributed by atoms with E-state index < -0.39 is 34.5 Å². The number of carbonyl (C=O) groups is 2. The average Bonchev–Trinajstić information content (AvgIpc) is 2.57. The minimum atomic E-state index is -4.95. The number of anilines is 1. The molecule has 1 amide bonds. The number of quaternary nitrogens is 1. The van der Waals surface area contributed by atoms with Crippen molar-refractivity contribution in [1.29, 1.82) is 0 Å². The van der Waals surface area contributed by atoms with Gasteiger partial charge in [-0.05, 0) is 37.0 Å². The molecule has 0 radical (unpaired) electrons. The van der Waals surface area contributed by atoms with Crippen LogP contribution in [0.3, 0.4) is 0 Å². The van der Waals surface area contributed by atoms with Crippen molar-refractivity contribution in [1.82, 2.24) is 6.15 Å². The number of carboxylic acids is 1. The monoisotopic (exact) mass is 406 g/mol. The second kappa shape index (κ2) is 8.50. The van der Waals surface area contributed by atoms with Gasteiger partial charge in [-0.1, -0.05) is 30.9 Å². The maximum atomic E-state index is 12.4. The Hall–Kier alpha value is -2.44. The van der Waals surface area contributed by atoms with Gasteiger partial charge in [0.2, 0.25) is 0 Å². The van der Waals surface area contributed by atoms with Crippen LogP contribution in [0.4, 0.5) is 18.9 Å². The first-order valence-electron chi connectivity index (χ1n) is 7.68. The molecule has 0 saturated heterocycles. The van der Waals surface area contributed by atoms with Crippen LogP contribution in [0.5, 0.6) is 5.75 Å². The van der Waals surface area contributed by atoms with Crippen molar-refractivity contribution < 1.29 is 32.6 Å². The van der Waals surface area contributed by atoms with Crippen LogP contribution in [-0.4, -0.2) is 23.8 Å². The average molecular weight is 407 g/mol. The Morgan fingerprint density at radius 3 is 2.30 bits per heavy atom. The van der Waals surface area contributed by atoms with Crippen LogP contribution in [0.1, 0.15) is 32.1 Å². The van der Waals surface area contributed by atoms with Gasteiger partial charge in [-0.25, -0.2) is 0 Å². The summed E-state index contributed by atoms with van der Waals surface area (Å²) in [6.07, 6.45) is 2.29. The number of benzene rings is 1. The Balaban J connectivity index is 0.00000364. The summed E-state index contributed by atoms with van der Waals surface area (Å²) >= 11 is 5.81. The Morgan fingerprint density at radius 2 is 1.85 bits per heavy atom. The molecule has 0 aliphatic heterocycles. The summed E-state index contributed by atoms with van der Waals surface area (Å²) in [4.78, 5) is 25.0. The first kappa shape index (κ1) is 22.6. The van der Waals surface area contributed by atoms with Crippen LogP contribution in [0, 0.1) is 12.3 Å². The van der Waals surface area contributed by atoms with Crippen LogP contribution in [0.2, 0.25) is 5.02 Å². The molecule has 2 rings (SSSR count). The third-order valence-electron chi connectivity index (χ3n) is 4.21. The molecule has 1 aliphatic rings. The highest BCUT2D eigenvalue weighted by Crippen LogP contribution is 2.40. The van der Waals surface area contributed by atoms with Crippen LogP contribution in [0.25, 0.3) is 0 Å². The maximum absolute atomic E-state index is 12.4. The van der Waals surface area contributed by atoms with E-state index in [1.54, 1.807) is 0 Å². The van der Waals surface area contributed by atoms with Gasteiger partial charge < -0.3 is 20.8 Å². The molecular formula is C17H18ClF3N2O4. The fourth-order valence-electron chi connectivity index (χ4n) is 3.12. The molecule has 1 aromatic carbocycles. The number of rotatable bonds is 4. The number of carboxylic acid groups (broad SMARTS) is 1. The number of nitrogens with zero attached hydrogens (tertiary/aromatic N) is 1. The van der Waals surface area contributed by atoms with Crippen LogP contribution in [-0.2, 0) is 9.59 Å². The van der Waals surface area contributed by atoms with E-state index in [1.165, 1.54) is 0 Å². The molecule has 0 atom stereocenters. The number of terminal acetylenes is 1. The molecule has 4 N–H and O–H groups in total. The molecule has 0 bridgehead atoms. The molecule has 10 heteroatoms. The lowest BCUT2D eigenvalue weighted by molar-refractivity contribution is -0.314. The topological polar surface area (TPSA) is 106 Å². The van der Waals surface area contributed by atoms with E-state index in [9.17, 15) is 27.9 Å². The SMILES string of the molecule is C#CC(=O)N(c1ccc(OC(F)(F)F)c(Cl)c1)C1(C(=O)[O-])CCCCC1.[NH4+]. The van der Waals surface area contributed by atoms with Gasteiger partial charge in [0.25, 0.3) is 0 Å². The fraction of sp³-hybridized carbons (Fsp3) is 0.412. The number of carbonyl (C=O) groups excluding carboxylic acids is 2.